The number of carboxylic acid groups (broad SMARTS) is 1. The van der Waals surface area contributed by atoms with Crippen molar-refractivity contribution < 1.29 is 33.9 Å². The van der Waals surface area contributed by atoms with Gasteiger partial charge in [-0.05, 0) is 56.2 Å². The van der Waals surface area contributed by atoms with Gasteiger partial charge in [-0.25, -0.2) is 4.79 Å². The third-order valence-corrected chi connectivity index (χ3v) is 6.04. The van der Waals surface area contributed by atoms with E-state index in [1.165, 1.54) is 30.3 Å². The van der Waals surface area contributed by atoms with E-state index in [9.17, 15) is 29.4 Å². The quantitative estimate of drug-likeness (QED) is 0.246. The summed E-state index contributed by atoms with van der Waals surface area (Å²) in [7, 11) is 0. The number of nitrogens with one attached hydrogen (secondary N) is 3. The van der Waals surface area contributed by atoms with Gasteiger partial charge in [0.25, 0.3) is 11.8 Å². The van der Waals surface area contributed by atoms with Crippen LogP contribution in [0.3, 0.4) is 0 Å². The predicted octanol–water partition coefficient (Wildman–Crippen LogP) is 2.51. The van der Waals surface area contributed by atoms with E-state index in [1.54, 1.807) is 26.0 Å². The Morgan fingerprint density at radius 1 is 1.05 bits per heavy atom. The number of rotatable bonds is 11. The zero-order valence-corrected chi connectivity index (χ0v) is 21.5. The van der Waals surface area contributed by atoms with Crippen LogP contribution in [0.4, 0.5) is 0 Å². The van der Waals surface area contributed by atoms with Crippen molar-refractivity contribution in [2.45, 2.75) is 39.3 Å². The van der Waals surface area contributed by atoms with Crippen molar-refractivity contribution in [3.05, 3.63) is 81.2 Å². The molecule has 5 N–H and O–H groups in total. The van der Waals surface area contributed by atoms with E-state index >= 15 is 0 Å². The van der Waals surface area contributed by atoms with Crippen LogP contribution in [0.25, 0.3) is 0 Å². The second kappa shape index (κ2) is 12.7. The number of nitrogens with zero attached hydrogens (tertiary/aromatic N) is 1. The van der Waals surface area contributed by atoms with Gasteiger partial charge in [0.05, 0.1) is 16.3 Å². The fourth-order valence-electron chi connectivity index (χ4n) is 3.63. The Labute approximate surface area is 223 Å². The normalized spacial score (nSPS) is 11.4. The zero-order chi connectivity index (χ0) is 27.8. The van der Waals surface area contributed by atoms with Crippen LogP contribution in [0.5, 0.6) is 5.75 Å². The van der Waals surface area contributed by atoms with E-state index in [1.807, 2.05) is 0 Å². The first-order valence-corrected chi connectivity index (χ1v) is 12.0. The predicted molar refractivity (Wildman–Crippen MR) is 137 cm³/mol. The molecule has 12 heteroatoms. The van der Waals surface area contributed by atoms with E-state index in [0.717, 1.165) is 5.56 Å². The molecule has 38 heavy (non-hydrogen) atoms. The number of halogens is 1. The second-order valence-corrected chi connectivity index (χ2v) is 8.93. The van der Waals surface area contributed by atoms with Gasteiger partial charge >= 0.3 is 5.97 Å². The molecule has 0 aliphatic heterocycles. The molecule has 11 nitrogen and oxygen atoms in total. The highest BCUT2D eigenvalue weighted by Gasteiger charge is 2.23. The van der Waals surface area contributed by atoms with Gasteiger partial charge in [-0.1, -0.05) is 28.9 Å². The SMILES string of the molecule is Cc1noc(C)c1CCC(=O)NC[C@H](NC(=O)c1ccc(C(=O)NCc2cccc(O)c2)cc1Cl)C(=O)O. The lowest BCUT2D eigenvalue weighted by atomic mass is 10.1. The Morgan fingerprint density at radius 3 is 2.45 bits per heavy atom. The van der Waals surface area contributed by atoms with Crippen LogP contribution in [0.15, 0.2) is 47.0 Å². The Morgan fingerprint density at radius 2 is 1.82 bits per heavy atom. The maximum Gasteiger partial charge on any atom is 0.328 e. The van der Waals surface area contributed by atoms with Crippen LogP contribution in [-0.2, 0) is 22.6 Å². The molecule has 1 heterocycles. The van der Waals surface area contributed by atoms with Crippen molar-refractivity contribution in [2.24, 2.45) is 0 Å². The van der Waals surface area contributed by atoms with Crippen LogP contribution in [0, 0.1) is 13.8 Å². The number of phenolic OH excluding ortho intramolecular Hbond substituents is 1. The van der Waals surface area contributed by atoms with Crippen LogP contribution >= 0.6 is 11.6 Å². The highest BCUT2D eigenvalue weighted by atomic mass is 35.5. The van der Waals surface area contributed by atoms with Crippen LogP contribution in [0.1, 0.15) is 49.7 Å². The van der Waals surface area contributed by atoms with E-state index in [4.69, 9.17) is 16.1 Å². The molecular weight excluding hydrogens is 516 g/mol. The molecule has 1 atom stereocenters. The first-order valence-electron chi connectivity index (χ1n) is 11.6. The van der Waals surface area contributed by atoms with Gasteiger partial charge in [0.15, 0.2) is 0 Å². The summed E-state index contributed by atoms with van der Waals surface area (Å²) in [6.07, 6.45) is 0.463. The highest BCUT2D eigenvalue weighted by Crippen LogP contribution is 2.19. The minimum atomic E-state index is -1.41. The molecule has 0 aliphatic carbocycles. The number of aromatic nitrogens is 1. The molecule has 0 radical (unpaired) electrons. The summed E-state index contributed by atoms with van der Waals surface area (Å²) in [5.41, 5.74) is 2.34. The van der Waals surface area contributed by atoms with Gasteiger partial charge in [-0.2, -0.15) is 0 Å². The smallest absolute Gasteiger partial charge is 0.328 e. The number of carboxylic acids is 1. The molecule has 2 aromatic carbocycles. The maximum absolute atomic E-state index is 12.7. The molecule has 3 amide bonds. The summed E-state index contributed by atoms with van der Waals surface area (Å²) in [5, 5.41) is 30.3. The number of aryl methyl sites for hydroxylation is 2. The lowest BCUT2D eigenvalue weighted by molar-refractivity contribution is -0.139. The van der Waals surface area contributed by atoms with Crippen molar-refractivity contribution in [3.63, 3.8) is 0 Å². The fraction of sp³-hybridized carbons (Fsp3) is 0.269. The average molecular weight is 543 g/mol. The third kappa shape index (κ3) is 7.56. The molecule has 0 fully saturated rings. The molecule has 0 unspecified atom stereocenters. The molecule has 1 aromatic heterocycles. The molecule has 0 saturated carbocycles. The molecule has 0 aliphatic rings. The number of phenols is 1. The molecule has 200 valence electrons. The maximum atomic E-state index is 12.7. The summed E-state index contributed by atoms with van der Waals surface area (Å²) >= 11 is 6.21. The number of aliphatic carboxylic acids is 1. The van der Waals surface area contributed by atoms with E-state index in [2.05, 4.69) is 21.1 Å². The van der Waals surface area contributed by atoms with Gasteiger partial charge in [-0.3, -0.25) is 14.4 Å². The summed E-state index contributed by atoms with van der Waals surface area (Å²) in [6.45, 7) is 3.33. The number of carbonyl (C=O) groups is 4. The van der Waals surface area contributed by atoms with Crippen molar-refractivity contribution >= 4 is 35.3 Å². The van der Waals surface area contributed by atoms with Crippen molar-refractivity contribution in [1.29, 1.82) is 0 Å². The van der Waals surface area contributed by atoms with Crippen molar-refractivity contribution in [2.75, 3.05) is 6.54 Å². The largest absolute Gasteiger partial charge is 0.508 e. The number of aromatic hydroxyl groups is 1. The van der Waals surface area contributed by atoms with Gasteiger partial charge < -0.3 is 30.7 Å². The van der Waals surface area contributed by atoms with Crippen LogP contribution < -0.4 is 16.0 Å². The third-order valence-electron chi connectivity index (χ3n) is 5.73. The van der Waals surface area contributed by atoms with E-state index < -0.39 is 29.7 Å². The van der Waals surface area contributed by atoms with Crippen LogP contribution in [0.2, 0.25) is 5.02 Å². The lowest BCUT2D eigenvalue weighted by Gasteiger charge is -2.16. The monoisotopic (exact) mass is 542 g/mol. The van der Waals surface area contributed by atoms with Gasteiger partial charge in [0.2, 0.25) is 5.91 Å². The lowest BCUT2D eigenvalue weighted by Crippen LogP contribution is -2.48. The molecule has 0 spiro atoms. The minimum Gasteiger partial charge on any atom is -0.508 e. The molecule has 0 bridgehead atoms. The van der Waals surface area contributed by atoms with Crippen molar-refractivity contribution in [3.8, 4) is 5.75 Å². The van der Waals surface area contributed by atoms with Crippen LogP contribution in [-0.4, -0.2) is 51.6 Å². The summed E-state index contributed by atoms with van der Waals surface area (Å²) < 4.78 is 5.06. The number of hydrogen-bond donors (Lipinski definition) is 5. The standard InChI is InChI=1S/C26H27ClN4O7/c1-14-19(15(2)38-31-14)8-9-23(33)28-13-22(26(36)37)30-25(35)20-7-6-17(11-21(20)27)24(34)29-12-16-4-3-5-18(32)10-16/h3-7,10-11,22,32H,8-9,12-13H2,1-2H3,(H,28,33)(H,29,34)(H,30,35)(H,36,37)/t22-/m0/s1. The van der Waals surface area contributed by atoms with E-state index in [0.29, 0.717) is 23.4 Å². The Hall–Kier alpha value is -4.38. The minimum absolute atomic E-state index is 0.0350. The van der Waals surface area contributed by atoms with E-state index in [-0.39, 0.29) is 41.4 Å². The number of carbonyl (C=O) groups excluding carboxylic acids is 3. The zero-order valence-electron chi connectivity index (χ0n) is 20.7. The number of benzene rings is 2. The van der Waals surface area contributed by atoms with Gasteiger partial charge in [-0.15, -0.1) is 0 Å². The van der Waals surface area contributed by atoms with Crippen molar-refractivity contribution in [1.82, 2.24) is 21.1 Å². The first kappa shape index (κ1) is 28.2. The number of hydrogen-bond acceptors (Lipinski definition) is 7. The summed E-state index contributed by atoms with van der Waals surface area (Å²) in [5.74, 6) is -2.29. The van der Waals surface area contributed by atoms with Gasteiger partial charge in [0, 0.05) is 30.6 Å². The molecule has 3 rings (SSSR count). The Bertz CT molecular complexity index is 1340. The molecular formula is C26H27ClN4O7. The molecule has 0 saturated heterocycles. The summed E-state index contributed by atoms with van der Waals surface area (Å²) in [4.78, 5) is 49.0. The number of amides is 3. The highest BCUT2D eigenvalue weighted by molar-refractivity contribution is 6.34. The summed E-state index contributed by atoms with van der Waals surface area (Å²) in [6, 6.07) is 8.98. The second-order valence-electron chi connectivity index (χ2n) is 8.52. The fourth-order valence-corrected chi connectivity index (χ4v) is 3.90. The Balaban J connectivity index is 1.54. The Kier molecular flexibility index (Phi) is 9.44. The topological polar surface area (TPSA) is 171 Å². The average Bonchev–Trinajstić information content (AvgIpc) is 3.20. The first-order chi connectivity index (χ1) is 18.0. The van der Waals surface area contributed by atoms with Gasteiger partial charge in [0.1, 0.15) is 17.6 Å². The molecule has 3 aromatic rings.